The Balaban J connectivity index is 1.79. The van der Waals surface area contributed by atoms with Gasteiger partial charge in [-0.25, -0.2) is 13.6 Å². The third-order valence-electron chi connectivity index (χ3n) is 4.08. The first kappa shape index (κ1) is 22.3. The molecular formula is C20H22N2O6S. The largest absolute Gasteiger partial charge is 0.456 e. The molecule has 0 saturated heterocycles. The number of ether oxygens (including phenoxy) is 1. The summed E-state index contributed by atoms with van der Waals surface area (Å²) in [5.41, 5.74) is 2.68. The van der Waals surface area contributed by atoms with E-state index in [4.69, 9.17) is 9.88 Å². The van der Waals surface area contributed by atoms with Gasteiger partial charge in [0.25, 0.3) is 5.91 Å². The van der Waals surface area contributed by atoms with Crippen LogP contribution in [0.5, 0.6) is 0 Å². The van der Waals surface area contributed by atoms with E-state index >= 15 is 0 Å². The van der Waals surface area contributed by atoms with Gasteiger partial charge in [-0.15, -0.1) is 0 Å². The number of anilines is 1. The molecule has 0 heterocycles. The van der Waals surface area contributed by atoms with Gasteiger partial charge in [0.15, 0.2) is 12.4 Å². The first-order chi connectivity index (χ1) is 13.6. The van der Waals surface area contributed by atoms with E-state index in [1.54, 1.807) is 6.07 Å². The highest BCUT2D eigenvalue weighted by atomic mass is 32.2. The number of ketones is 1. The number of primary sulfonamides is 1. The van der Waals surface area contributed by atoms with Gasteiger partial charge in [-0.2, -0.15) is 0 Å². The summed E-state index contributed by atoms with van der Waals surface area (Å²) in [7, 11) is -3.82. The molecular weight excluding hydrogens is 396 g/mol. The van der Waals surface area contributed by atoms with Crippen LogP contribution >= 0.6 is 0 Å². The van der Waals surface area contributed by atoms with Crippen LogP contribution < -0.4 is 10.5 Å². The maximum Gasteiger partial charge on any atom is 0.306 e. The van der Waals surface area contributed by atoms with Crippen molar-refractivity contribution >= 4 is 33.4 Å². The molecule has 0 aliphatic carbocycles. The molecule has 0 aromatic heterocycles. The van der Waals surface area contributed by atoms with E-state index in [2.05, 4.69) is 5.32 Å². The van der Waals surface area contributed by atoms with E-state index in [0.717, 1.165) is 11.1 Å². The number of carbonyl (C=O) groups is 3. The third kappa shape index (κ3) is 6.81. The predicted octanol–water partition coefficient (Wildman–Crippen LogP) is 2.10. The van der Waals surface area contributed by atoms with E-state index in [9.17, 15) is 22.8 Å². The summed E-state index contributed by atoms with van der Waals surface area (Å²) in [5.74, 6) is -1.42. The van der Waals surface area contributed by atoms with Gasteiger partial charge >= 0.3 is 5.97 Å². The Morgan fingerprint density at radius 3 is 2.28 bits per heavy atom. The molecule has 0 unspecified atom stereocenters. The zero-order valence-corrected chi connectivity index (χ0v) is 16.9. The average molecular weight is 418 g/mol. The van der Waals surface area contributed by atoms with Crippen molar-refractivity contribution in [1.82, 2.24) is 0 Å². The van der Waals surface area contributed by atoms with Crippen molar-refractivity contribution in [2.45, 2.75) is 31.6 Å². The van der Waals surface area contributed by atoms with Gasteiger partial charge in [0.1, 0.15) is 0 Å². The number of nitrogens with one attached hydrogen (secondary N) is 1. The lowest BCUT2D eigenvalue weighted by molar-refractivity contribution is -0.147. The van der Waals surface area contributed by atoms with Crippen molar-refractivity contribution in [3.05, 3.63) is 59.2 Å². The van der Waals surface area contributed by atoms with Crippen molar-refractivity contribution in [3.63, 3.8) is 0 Å². The quantitative estimate of drug-likeness (QED) is 0.498. The minimum Gasteiger partial charge on any atom is -0.456 e. The Bertz CT molecular complexity index is 1030. The smallest absolute Gasteiger partial charge is 0.306 e. The minimum atomic E-state index is -3.82. The Morgan fingerprint density at radius 1 is 1.00 bits per heavy atom. The lowest BCUT2D eigenvalue weighted by atomic mass is 9.99. The number of hydrogen-bond donors (Lipinski definition) is 2. The van der Waals surface area contributed by atoms with Crippen molar-refractivity contribution in [2.24, 2.45) is 5.14 Å². The molecule has 0 aliphatic heterocycles. The third-order valence-corrected chi connectivity index (χ3v) is 5.01. The van der Waals surface area contributed by atoms with Gasteiger partial charge in [-0.3, -0.25) is 14.4 Å². The van der Waals surface area contributed by atoms with Crippen LogP contribution in [0.1, 0.15) is 34.3 Å². The molecule has 29 heavy (non-hydrogen) atoms. The zero-order chi connectivity index (χ0) is 21.6. The van der Waals surface area contributed by atoms with E-state index in [0.29, 0.717) is 11.3 Å². The van der Waals surface area contributed by atoms with Crippen LogP contribution in [0.2, 0.25) is 0 Å². The fourth-order valence-corrected chi connectivity index (χ4v) is 3.05. The zero-order valence-electron chi connectivity index (χ0n) is 16.1. The normalized spacial score (nSPS) is 11.0. The van der Waals surface area contributed by atoms with Crippen molar-refractivity contribution in [3.8, 4) is 0 Å². The molecule has 0 fully saturated rings. The predicted molar refractivity (Wildman–Crippen MR) is 107 cm³/mol. The first-order valence-electron chi connectivity index (χ1n) is 8.75. The molecule has 8 nitrogen and oxygen atoms in total. The highest BCUT2D eigenvalue weighted by molar-refractivity contribution is 7.89. The van der Waals surface area contributed by atoms with Crippen molar-refractivity contribution in [2.75, 3.05) is 11.9 Å². The fourth-order valence-electron chi connectivity index (χ4n) is 2.53. The number of esters is 1. The topological polar surface area (TPSA) is 133 Å². The highest BCUT2D eigenvalue weighted by Crippen LogP contribution is 2.15. The molecule has 0 radical (unpaired) electrons. The molecule has 0 spiro atoms. The Kier molecular flexibility index (Phi) is 7.24. The number of amides is 1. The summed E-state index contributed by atoms with van der Waals surface area (Å²) in [5, 5.41) is 7.46. The van der Waals surface area contributed by atoms with E-state index in [-0.39, 0.29) is 23.5 Å². The van der Waals surface area contributed by atoms with Gasteiger partial charge in [0.05, 0.1) is 11.3 Å². The number of aryl methyl sites for hydroxylation is 2. The Morgan fingerprint density at radius 2 is 1.66 bits per heavy atom. The summed E-state index contributed by atoms with van der Waals surface area (Å²) in [6.45, 7) is 3.18. The van der Waals surface area contributed by atoms with E-state index < -0.39 is 28.5 Å². The minimum absolute atomic E-state index is 0.0141. The number of rotatable bonds is 8. The number of hydrogen-bond acceptors (Lipinski definition) is 6. The van der Waals surface area contributed by atoms with E-state index in [1.165, 1.54) is 24.3 Å². The van der Waals surface area contributed by atoms with Crippen LogP contribution in [0.4, 0.5) is 5.69 Å². The van der Waals surface area contributed by atoms with E-state index in [1.807, 2.05) is 26.0 Å². The molecule has 2 aromatic rings. The first-order valence-corrected chi connectivity index (χ1v) is 10.3. The van der Waals surface area contributed by atoms with Crippen molar-refractivity contribution in [1.29, 1.82) is 0 Å². The second kappa shape index (κ2) is 9.44. The molecule has 154 valence electrons. The number of Topliss-reactive ketones (excluding diaryl/α,β-unsaturated/α-hetero) is 1. The molecule has 3 N–H and O–H groups in total. The maximum atomic E-state index is 12.3. The lowest BCUT2D eigenvalue weighted by Crippen LogP contribution is -2.21. The Hall–Kier alpha value is -3.04. The maximum absolute atomic E-state index is 12.3. The molecule has 9 heteroatoms. The highest BCUT2D eigenvalue weighted by Gasteiger charge is 2.14. The second-order valence-corrected chi connectivity index (χ2v) is 8.08. The lowest BCUT2D eigenvalue weighted by Gasteiger charge is -2.08. The van der Waals surface area contributed by atoms with Gasteiger partial charge in [-0.05, 0) is 49.7 Å². The SMILES string of the molecule is Cc1ccc(C)c(C(=O)CCC(=O)OCC(=O)Nc2ccc(S(N)(=O)=O)cc2)c1. The molecule has 2 aromatic carbocycles. The summed E-state index contributed by atoms with van der Waals surface area (Å²) in [6, 6.07) is 10.7. The summed E-state index contributed by atoms with van der Waals surface area (Å²) < 4.78 is 27.3. The Labute approximate surface area is 169 Å². The van der Waals surface area contributed by atoms with Crippen LogP contribution in [0.25, 0.3) is 0 Å². The summed E-state index contributed by atoms with van der Waals surface area (Å²) in [6.07, 6.45) is -0.150. The number of nitrogens with two attached hydrogens (primary N) is 1. The fraction of sp³-hybridized carbons (Fsp3) is 0.250. The van der Waals surface area contributed by atoms with Crippen LogP contribution in [-0.4, -0.2) is 32.7 Å². The second-order valence-electron chi connectivity index (χ2n) is 6.52. The summed E-state index contributed by atoms with van der Waals surface area (Å²) >= 11 is 0. The van der Waals surface area contributed by atoms with Crippen LogP contribution in [0, 0.1) is 13.8 Å². The van der Waals surface area contributed by atoms with Crippen LogP contribution in [-0.2, 0) is 24.3 Å². The number of benzene rings is 2. The van der Waals surface area contributed by atoms with Crippen molar-refractivity contribution < 1.29 is 27.5 Å². The van der Waals surface area contributed by atoms with Gasteiger partial charge in [0, 0.05) is 17.7 Å². The summed E-state index contributed by atoms with van der Waals surface area (Å²) in [4.78, 5) is 35.8. The molecule has 2 rings (SSSR count). The average Bonchev–Trinajstić information content (AvgIpc) is 2.66. The molecule has 1 amide bonds. The van der Waals surface area contributed by atoms with Gasteiger partial charge in [-0.1, -0.05) is 17.7 Å². The van der Waals surface area contributed by atoms with Crippen LogP contribution in [0.15, 0.2) is 47.4 Å². The molecule has 0 atom stereocenters. The number of sulfonamides is 1. The molecule has 0 saturated carbocycles. The van der Waals surface area contributed by atoms with Crippen LogP contribution in [0.3, 0.4) is 0 Å². The molecule has 0 aliphatic rings. The number of carbonyl (C=O) groups excluding carboxylic acids is 3. The standard InChI is InChI=1S/C20H22N2O6S/c1-13-3-4-14(2)17(11-13)18(23)9-10-20(25)28-12-19(24)22-15-5-7-16(8-6-15)29(21,26)27/h3-8,11H,9-10,12H2,1-2H3,(H,22,24)(H2,21,26,27). The monoisotopic (exact) mass is 418 g/mol. The molecule has 0 bridgehead atoms. The van der Waals surface area contributed by atoms with Gasteiger partial charge in [0.2, 0.25) is 10.0 Å². The van der Waals surface area contributed by atoms with Gasteiger partial charge < -0.3 is 10.1 Å².